The van der Waals surface area contributed by atoms with Crippen molar-refractivity contribution < 1.29 is 4.79 Å². The highest BCUT2D eigenvalue weighted by Crippen LogP contribution is 1.84. The van der Waals surface area contributed by atoms with Crippen molar-refractivity contribution in [1.29, 1.82) is 0 Å². The van der Waals surface area contributed by atoms with Crippen molar-refractivity contribution in [3.63, 3.8) is 0 Å². The number of allylic oxidation sites excluding steroid dienone is 2. The maximum Gasteiger partial charge on any atom is 0.316 e. The number of hydrogen-bond donors (Lipinski definition) is 2. The average molecular weight is 126 g/mol. The van der Waals surface area contributed by atoms with Gasteiger partial charge in [-0.1, -0.05) is 12.2 Å². The number of rotatable bonds is 2. The Labute approximate surface area is 54.2 Å². The van der Waals surface area contributed by atoms with Gasteiger partial charge in [-0.25, -0.2) is 4.79 Å². The molecule has 0 fully saturated rings. The standard InChI is InChI=1S/C6H10N2O/c1-5(2)3-4-8-6(7)9/h3-4H,1H2,2H3,(H3,7,8,9)/b4-3-. The molecule has 3 heteroatoms. The minimum absolute atomic E-state index is 0.562. The van der Waals surface area contributed by atoms with Crippen molar-refractivity contribution in [2.75, 3.05) is 0 Å². The number of carbonyl (C=O) groups is 1. The zero-order valence-corrected chi connectivity index (χ0v) is 5.35. The largest absolute Gasteiger partial charge is 0.351 e. The Morgan fingerprint density at radius 3 is 2.67 bits per heavy atom. The molecule has 3 N–H and O–H groups in total. The van der Waals surface area contributed by atoms with Crippen LogP contribution in [0.3, 0.4) is 0 Å². The molecule has 0 aliphatic heterocycles. The third-order valence-corrected chi connectivity index (χ3v) is 0.593. The maximum atomic E-state index is 10.0. The number of urea groups is 1. The van der Waals surface area contributed by atoms with Gasteiger partial charge in [-0.05, 0) is 13.0 Å². The second kappa shape index (κ2) is 3.72. The molecule has 0 heterocycles. The fourth-order valence-electron chi connectivity index (χ4n) is 0.266. The Hall–Kier alpha value is -1.25. The summed E-state index contributed by atoms with van der Waals surface area (Å²) in [6.07, 6.45) is 3.11. The molecule has 0 saturated heterocycles. The molecular formula is C6H10N2O. The van der Waals surface area contributed by atoms with Crippen LogP contribution in [0, 0.1) is 0 Å². The molecule has 0 unspecified atom stereocenters. The zero-order valence-electron chi connectivity index (χ0n) is 5.35. The van der Waals surface area contributed by atoms with E-state index in [4.69, 9.17) is 5.73 Å². The van der Waals surface area contributed by atoms with Gasteiger partial charge in [0.1, 0.15) is 0 Å². The summed E-state index contributed by atoms with van der Waals surface area (Å²) in [6.45, 7) is 5.39. The first-order valence-corrected chi connectivity index (χ1v) is 2.51. The Kier molecular flexibility index (Phi) is 3.20. The van der Waals surface area contributed by atoms with Gasteiger partial charge in [0.25, 0.3) is 0 Å². The van der Waals surface area contributed by atoms with Crippen molar-refractivity contribution in [1.82, 2.24) is 5.32 Å². The second-order valence-corrected chi connectivity index (χ2v) is 1.69. The smallest absolute Gasteiger partial charge is 0.316 e. The van der Waals surface area contributed by atoms with Crippen molar-refractivity contribution in [2.24, 2.45) is 5.73 Å². The number of nitrogens with one attached hydrogen (secondary N) is 1. The van der Waals surface area contributed by atoms with Gasteiger partial charge in [-0.3, -0.25) is 0 Å². The van der Waals surface area contributed by atoms with Crippen LogP contribution in [-0.4, -0.2) is 6.03 Å². The molecule has 0 radical (unpaired) electrons. The minimum atomic E-state index is -0.562. The molecule has 0 saturated carbocycles. The van der Waals surface area contributed by atoms with Gasteiger partial charge in [0.2, 0.25) is 0 Å². The zero-order chi connectivity index (χ0) is 7.28. The fourth-order valence-corrected chi connectivity index (χ4v) is 0.266. The van der Waals surface area contributed by atoms with Crippen LogP contribution >= 0.6 is 0 Å². The van der Waals surface area contributed by atoms with E-state index >= 15 is 0 Å². The highest BCUT2D eigenvalue weighted by molar-refractivity contribution is 5.72. The molecule has 0 atom stereocenters. The van der Waals surface area contributed by atoms with Gasteiger partial charge in [-0.15, -0.1) is 0 Å². The van der Waals surface area contributed by atoms with Crippen LogP contribution in [0.1, 0.15) is 6.92 Å². The summed E-state index contributed by atoms with van der Waals surface area (Å²) < 4.78 is 0. The van der Waals surface area contributed by atoms with Gasteiger partial charge in [-0.2, -0.15) is 0 Å². The summed E-state index contributed by atoms with van der Waals surface area (Å²) in [5.74, 6) is 0. The minimum Gasteiger partial charge on any atom is -0.351 e. The van der Waals surface area contributed by atoms with E-state index in [2.05, 4.69) is 11.9 Å². The van der Waals surface area contributed by atoms with E-state index in [1.54, 1.807) is 6.08 Å². The number of primary amides is 1. The normalized spacial score (nSPS) is 9.44. The lowest BCUT2D eigenvalue weighted by molar-refractivity contribution is 0.252. The molecule has 0 aromatic heterocycles. The molecule has 0 aliphatic carbocycles. The highest BCUT2D eigenvalue weighted by Gasteiger charge is 1.80. The second-order valence-electron chi connectivity index (χ2n) is 1.69. The van der Waals surface area contributed by atoms with Crippen LogP contribution in [0.15, 0.2) is 24.4 Å². The van der Waals surface area contributed by atoms with Crippen LogP contribution in [0.2, 0.25) is 0 Å². The molecular weight excluding hydrogens is 116 g/mol. The predicted octanol–water partition coefficient (Wildman–Crippen LogP) is 0.745. The third-order valence-electron chi connectivity index (χ3n) is 0.593. The summed E-state index contributed by atoms with van der Waals surface area (Å²) in [6, 6.07) is -0.562. The summed E-state index contributed by atoms with van der Waals surface area (Å²) in [5.41, 5.74) is 5.61. The molecule has 0 aromatic carbocycles. The van der Waals surface area contributed by atoms with Crippen LogP contribution in [0.25, 0.3) is 0 Å². The molecule has 0 spiro atoms. The molecule has 9 heavy (non-hydrogen) atoms. The maximum absolute atomic E-state index is 10.0. The first-order valence-electron chi connectivity index (χ1n) is 2.51. The molecule has 0 aromatic rings. The number of nitrogens with two attached hydrogens (primary N) is 1. The first kappa shape index (κ1) is 7.75. The van der Waals surface area contributed by atoms with Crippen molar-refractivity contribution >= 4 is 6.03 Å². The Bertz CT molecular complexity index is 149. The lowest BCUT2D eigenvalue weighted by Gasteiger charge is -1.88. The topological polar surface area (TPSA) is 55.1 Å². The van der Waals surface area contributed by atoms with E-state index in [9.17, 15) is 4.79 Å². The van der Waals surface area contributed by atoms with Crippen molar-refractivity contribution in [3.05, 3.63) is 24.4 Å². The van der Waals surface area contributed by atoms with E-state index < -0.39 is 6.03 Å². The molecule has 0 aliphatic rings. The SMILES string of the molecule is C=C(C)/C=C\NC(N)=O. The molecule has 0 bridgehead atoms. The van der Waals surface area contributed by atoms with Gasteiger partial charge in [0, 0.05) is 6.20 Å². The number of amides is 2. The summed E-state index contributed by atoms with van der Waals surface area (Å²) in [4.78, 5) is 10.0. The summed E-state index contributed by atoms with van der Waals surface area (Å²) >= 11 is 0. The van der Waals surface area contributed by atoms with Gasteiger partial charge in [0.15, 0.2) is 0 Å². The van der Waals surface area contributed by atoms with Crippen LogP contribution in [0.5, 0.6) is 0 Å². The average Bonchev–Trinajstić information content (AvgIpc) is 1.63. The highest BCUT2D eigenvalue weighted by atomic mass is 16.2. The Morgan fingerprint density at radius 2 is 2.33 bits per heavy atom. The third kappa shape index (κ3) is 6.75. The fraction of sp³-hybridized carbons (Fsp3) is 0.167. The van der Waals surface area contributed by atoms with Gasteiger partial charge >= 0.3 is 6.03 Å². The van der Waals surface area contributed by atoms with E-state index in [0.29, 0.717) is 0 Å². The van der Waals surface area contributed by atoms with Crippen LogP contribution in [0.4, 0.5) is 4.79 Å². The van der Waals surface area contributed by atoms with Gasteiger partial charge < -0.3 is 11.1 Å². The molecule has 0 rings (SSSR count). The van der Waals surface area contributed by atoms with E-state index in [1.165, 1.54) is 6.20 Å². The Morgan fingerprint density at radius 1 is 1.78 bits per heavy atom. The Balaban J connectivity index is 3.48. The molecule has 50 valence electrons. The number of carbonyl (C=O) groups excluding carboxylic acids is 1. The summed E-state index contributed by atoms with van der Waals surface area (Å²) in [5, 5.41) is 2.27. The first-order chi connectivity index (χ1) is 4.13. The monoisotopic (exact) mass is 126 g/mol. The van der Waals surface area contributed by atoms with Crippen molar-refractivity contribution in [3.8, 4) is 0 Å². The van der Waals surface area contributed by atoms with Gasteiger partial charge in [0.05, 0.1) is 0 Å². The number of hydrogen-bond acceptors (Lipinski definition) is 1. The van der Waals surface area contributed by atoms with E-state index in [1.807, 2.05) is 6.92 Å². The van der Waals surface area contributed by atoms with E-state index in [-0.39, 0.29) is 0 Å². The quantitative estimate of drug-likeness (QED) is 0.527. The van der Waals surface area contributed by atoms with E-state index in [0.717, 1.165) is 5.57 Å². The lowest BCUT2D eigenvalue weighted by atomic mass is 10.3. The molecule has 3 nitrogen and oxygen atoms in total. The molecule has 2 amide bonds. The predicted molar refractivity (Wildman–Crippen MR) is 36.7 cm³/mol. The summed E-state index contributed by atoms with van der Waals surface area (Å²) in [7, 11) is 0. The lowest BCUT2D eigenvalue weighted by Crippen LogP contribution is -2.23. The van der Waals surface area contributed by atoms with Crippen LogP contribution in [-0.2, 0) is 0 Å². The van der Waals surface area contributed by atoms with Crippen molar-refractivity contribution in [2.45, 2.75) is 6.92 Å². The van der Waals surface area contributed by atoms with Crippen LogP contribution < -0.4 is 11.1 Å².